The van der Waals surface area contributed by atoms with Crippen molar-refractivity contribution in [3.05, 3.63) is 42.0 Å². The largest absolute Gasteiger partial charge is 0.497 e. The average molecular weight is 442 g/mol. The van der Waals surface area contributed by atoms with Crippen molar-refractivity contribution >= 4 is 11.7 Å². The maximum Gasteiger partial charge on any atom is 0.329 e. The number of carboxylic acid groups (broad SMARTS) is 1. The van der Waals surface area contributed by atoms with Crippen molar-refractivity contribution in [3.8, 4) is 22.6 Å². The molecule has 0 amide bonds. The zero-order valence-electron chi connectivity index (χ0n) is 18.7. The van der Waals surface area contributed by atoms with Gasteiger partial charge in [0.2, 0.25) is 0 Å². The highest BCUT2D eigenvalue weighted by atomic mass is 16.5. The van der Waals surface area contributed by atoms with Crippen LogP contribution in [0.25, 0.3) is 11.1 Å². The van der Waals surface area contributed by atoms with Crippen LogP contribution < -0.4 is 14.8 Å². The number of anilines is 1. The van der Waals surface area contributed by atoms with Crippen molar-refractivity contribution in [2.24, 2.45) is 0 Å². The van der Waals surface area contributed by atoms with Crippen molar-refractivity contribution in [3.63, 3.8) is 0 Å². The topological polar surface area (TPSA) is 86.3 Å². The Morgan fingerprint density at radius 2 is 1.91 bits per heavy atom. The minimum absolute atomic E-state index is 0.310. The van der Waals surface area contributed by atoms with E-state index in [1.54, 1.807) is 7.11 Å². The van der Waals surface area contributed by atoms with Crippen molar-refractivity contribution in [1.29, 1.82) is 0 Å². The van der Waals surface area contributed by atoms with Crippen LogP contribution in [0.4, 0.5) is 5.69 Å². The highest BCUT2D eigenvalue weighted by Gasteiger charge is 2.40. The van der Waals surface area contributed by atoms with E-state index in [0.29, 0.717) is 51.1 Å². The Morgan fingerprint density at radius 1 is 1.16 bits per heavy atom. The van der Waals surface area contributed by atoms with Crippen molar-refractivity contribution in [2.75, 3.05) is 32.2 Å². The van der Waals surface area contributed by atoms with E-state index in [1.807, 2.05) is 43.3 Å². The van der Waals surface area contributed by atoms with Gasteiger partial charge in [-0.15, -0.1) is 0 Å². The molecule has 172 valence electrons. The average Bonchev–Trinajstić information content (AvgIpc) is 3.63. The van der Waals surface area contributed by atoms with Gasteiger partial charge in [-0.3, -0.25) is 0 Å². The molecule has 7 heteroatoms. The van der Waals surface area contributed by atoms with Gasteiger partial charge >= 0.3 is 5.97 Å². The number of rotatable bonds is 10. The van der Waals surface area contributed by atoms with Crippen LogP contribution in [0, 0.1) is 0 Å². The molecule has 2 aromatic rings. The number of nitrogens with one attached hydrogen (secondary N) is 1. The number of ether oxygens (including phenoxy) is 4. The van der Waals surface area contributed by atoms with Gasteiger partial charge in [-0.25, -0.2) is 4.79 Å². The van der Waals surface area contributed by atoms with Crippen LogP contribution in [0.5, 0.6) is 11.5 Å². The second-order valence-corrected chi connectivity index (χ2v) is 8.34. The van der Waals surface area contributed by atoms with Gasteiger partial charge < -0.3 is 29.4 Å². The van der Waals surface area contributed by atoms with Crippen molar-refractivity contribution in [1.82, 2.24) is 0 Å². The third-order valence-corrected chi connectivity index (χ3v) is 5.98. The fraction of sp³-hybridized carbons (Fsp3) is 0.480. The number of carbonyl (C=O) groups is 1. The molecule has 4 rings (SSSR count). The van der Waals surface area contributed by atoms with E-state index >= 15 is 0 Å². The zero-order chi connectivity index (χ0) is 22.6. The van der Waals surface area contributed by atoms with Gasteiger partial charge in [-0.2, -0.15) is 0 Å². The fourth-order valence-electron chi connectivity index (χ4n) is 4.00. The molecule has 1 saturated carbocycles. The van der Waals surface area contributed by atoms with Crippen LogP contribution in [-0.4, -0.2) is 49.6 Å². The first kappa shape index (κ1) is 22.4. The molecule has 0 bridgehead atoms. The van der Waals surface area contributed by atoms with E-state index in [-0.39, 0.29) is 0 Å². The van der Waals surface area contributed by atoms with Crippen LogP contribution in [-0.2, 0) is 20.9 Å². The molecule has 32 heavy (non-hydrogen) atoms. The first-order valence-electron chi connectivity index (χ1n) is 11.2. The lowest BCUT2D eigenvalue weighted by atomic mass is 9.89. The van der Waals surface area contributed by atoms with Crippen LogP contribution in [0.3, 0.4) is 0 Å². The summed E-state index contributed by atoms with van der Waals surface area (Å²) in [6.07, 6.45) is 3.33. The highest BCUT2D eigenvalue weighted by Crippen LogP contribution is 2.36. The van der Waals surface area contributed by atoms with Crippen LogP contribution in [0.2, 0.25) is 0 Å². The summed E-state index contributed by atoms with van der Waals surface area (Å²) in [4.78, 5) is 12.1. The Morgan fingerprint density at radius 3 is 2.56 bits per heavy atom. The van der Waals surface area contributed by atoms with E-state index in [9.17, 15) is 9.90 Å². The number of aliphatic carboxylic acids is 1. The molecule has 2 aliphatic rings. The summed E-state index contributed by atoms with van der Waals surface area (Å²) in [6, 6.07) is 11.8. The number of hydrogen-bond donors (Lipinski definition) is 2. The molecule has 7 nitrogen and oxygen atoms in total. The number of methoxy groups -OCH3 is 1. The van der Waals surface area contributed by atoms with E-state index < -0.39 is 11.5 Å². The lowest BCUT2D eigenvalue weighted by Gasteiger charge is -2.35. The smallest absolute Gasteiger partial charge is 0.329 e. The van der Waals surface area contributed by atoms with Gasteiger partial charge in [0.15, 0.2) is 0 Å². The Kier molecular flexibility index (Phi) is 6.86. The molecule has 2 fully saturated rings. The zero-order valence-corrected chi connectivity index (χ0v) is 18.7. The molecule has 0 radical (unpaired) electrons. The van der Waals surface area contributed by atoms with Crippen LogP contribution >= 0.6 is 0 Å². The maximum atomic E-state index is 12.1. The second kappa shape index (κ2) is 9.79. The van der Waals surface area contributed by atoms with Crippen molar-refractivity contribution in [2.45, 2.75) is 50.9 Å². The van der Waals surface area contributed by atoms with Crippen molar-refractivity contribution < 1.29 is 28.8 Å². The normalized spacial score (nSPS) is 17.6. The molecule has 1 saturated heterocycles. The van der Waals surface area contributed by atoms with Gasteiger partial charge in [-0.1, -0.05) is 6.07 Å². The van der Waals surface area contributed by atoms with Crippen LogP contribution in [0.1, 0.15) is 38.2 Å². The molecular weight excluding hydrogens is 410 g/mol. The van der Waals surface area contributed by atoms with Gasteiger partial charge in [0, 0.05) is 37.8 Å². The SMILES string of the molecule is CCOc1cc(OC)cc(-c2ccc(NC3(C(=O)O)CCOCC3)cc2COC2CC2)c1. The number of benzene rings is 2. The third-order valence-electron chi connectivity index (χ3n) is 5.98. The lowest BCUT2D eigenvalue weighted by Crippen LogP contribution is -2.50. The first-order chi connectivity index (χ1) is 15.5. The van der Waals surface area contributed by atoms with Gasteiger partial charge in [0.1, 0.15) is 17.0 Å². The van der Waals surface area contributed by atoms with Gasteiger partial charge in [0.05, 0.1) is 26.4 Å². The highest BCUT2D eigenvalue weighted by molar-refractivity contribution is 5.83. The molecule has 0 spiro atoms. The Balaban J connectivity index is 1.68. The molecule has 1 heterocycles. The van der Waals surface area contributed by atoms with Crippen LogP contribution in [0.15, 0.2) is 36.4 Å². The molecule has 2 N–H and O–H groups in total. The van der Waals surface area contributed by atoms with Gasteiger partial charge in [-0.05, 0) is 60.7 Å². The summed E-state index contributed by atoms with van der Waals surface area (Å²) in [7, 11) is 1.64. The summed E-state index contributed by atoms with van der Waals surface area (Å²) in [6.45, 7) is 3.83. The molecule has 2 aromatic carbocycles. The Bertz CT molecular complexity index is 949. The summed E-state index contributed by atoms with van der Waals surface area (Å²) < 4.78 is 22.6. The quantitative estimate of drug-likeness (QED) is 0.562. The summed E-state index contributed by atoms with van der Waals surface area (Å²) in [5.74, 6) is 0.606. The van der Waals surface area contributed by atoms with E-state index in [0.717, 1.165) is 41.0 Å². The summed E-state index contributed by atoms with van der Waals surface area (Å²) in [5.41, 5.74) is 2.71. The molecule has 0 aromatic heterocycles. The molecule has 0 atom stereocenters. The molecule has 0 unspecified atom stereocenters. The Hall–Kier alpha value is -2.77. The third kappa shape index (κ3) is 5.16. The second-order valence-electron chi connectivity index (χ2n) is 8.34. The number of carboxylic acids is 1. The fourth-order valence-corrected chi connectivity index (χ4v) is 4.00. The maximum absolute atomic E-state index is 12.1. The molecule has 1 aliphatic carbocycles. The predicted molar refractivity (Wildman–Crippen MR) is 121 cm³/mol. The summed E-state index contributed by atoms with van der Waals surface area (Å²) >= 11 is 0. The standard InChI is InChI=1S/C25H31NO6/c1-3-31-22-14-17(13-21(15-22)29-2)23-7-4-19(12-18(23)16-32-20-5-6-20)26-25(24(27)28)8-10-30-11-9-25/h4,7,12-15,20,26H,3,5-6,8-11,16H2,1-2H3,(H,27,28). The minimum Gasteiger partial charge on any atom is -0.497 e. The van der Waals surface area contributed by atoms with Gasteiger partial charge in [0.25, 0.3) is 0 Å². The molecular formula is C25H31NO6. The van der Waals surface area contributed by atoms with E-state index in [4.69, 9.17) is 18.9 Å². The van der Waals surface area contributed by atoms with E-state index in [1.165, 1.54) is 0 Å². The minimum atomic E-state index is -1.02. The monoisotopic (exact) mass is 441 g/mol. The first-order valence-corrected chi connectivity index (χ1v) is 11.2. The lowest BCUT2D eigenvalue weighted by molar-refractivity contribution is -0.145. The summed E-state index contributed by atoms with van der Waals surface area (Å²) in [5, 5.41) is 13.2. The molecule has 1 aliphatic heterocycles. The number of hydrogen-bond acceptors (Lipinski definition) is 6. The predicted octanol–water partition coefficient (Wildman–Crippen LogP) is 4.49. The van der Waals surface area contributed by atoms with E-state index in [2.05, 4.69) is 5.32 Å². The Labute approximate surface area is 188 Å².